The van der Waals surface area contributed by atoms with Crippen LogP contribution in [0.15, 0.2) is 53.3 Å². The van der Waals surface area contributed by atoms with Crippen molar-refractivity contribution in [3.05, 3.63) is 58.8 Å². The van der Waals surface area contributed by atoms with Crippen molar-refractivity contribution in [3.63, 3.8) is 0 Å². The molecule has 0 amide bonds. The quantitative estimate of drug-likeness (QED) is 0.674. The Kier molecular flexibility index (Phi) is 3.32. The van der Waals surface area contributed by atoms with E-state index in [1.807, 2.05) is 42.6 Å². The fourth-order valence-corrected chi connectivity index (χ4v) is 2.56. The number of nitrogens with two attached hydrogens (primary N) is 1. The van der Waals surface area contributed by atoms with E-state index < -0.39 is 0 Å². The third-order valence-electron chi connectivity index (χ3n) is 3.40. The number of anilines is 3. The Morgan fingerprint density at radius 1 is 1.10 bits per heavy atom. The van der Waals surface area contributed by atoms with Gasteiger partial charge in [0.05, 0.1) is 11.4 Å². The van der Waals surface area contributed by atoms with Gasteiger partial charge in [0, 0.05) is 33.3 Å². The van der Waals surface area contributed by atoms with Gasteiger partial charge < -0.3 is 11.1 Å². The van der Waals surface area contributed by atoms with E-state index in [1.165, 1.54) is 0 Å². The summed E-state index contributed by atoms with van der Waals surface area (Å²) in [4.78, 5) is 4.11. The van der Waals surface area contributed by atoms with Gasteiger partial charge in [0.25, 0.3) is 0 Å². The molecule has 3 rings (SSSR count). The van der Waals surface area contributed by atoms with E-state index in [0.29, 0.717) is 0 Å². The van der Waals surface area contributed by atoms with E-state index in [2.05, 4.69) is 33.2 Å². The van der Waals surface area contributed by atoms with Crippen LogP contribution >= 0.6 is 15.9 Å². The van der Waals surface area contributed by atoms with Gasteiger partial charge in [-0.25, -0.2) is 0 Å². The lowest BCUT2D eigenvalue weighted by Crippen LogP contribution is -1.99. The number of pyridine rings is 1. The summed E-state index contributed by atoms with van der Waals surface area (Å²) in [7, 11) is 0. The predicted octanol–water partition coefficient (Wildman–Crippen LogP) is 4.63. The molecule has 2 aromatic carbocycles. The van der Waals surface area contributed by atoms with Gasteiger partial charge in [0.1, 0.15) is 0 Å². The minimum Gasteiger partial charge on any atom is -0.397 e. The molecule has 1 aromatic heterocycles. The summed E-state index contributed by atoms with van der Waals surface area (Å²) in [5, 5.41) is 5.45. The molecule has 1 heterocycles. The second-order valence-electron chi connectivity index (χ2n) is 4.66. The lowest BCUT2D eigenvalue weighted by Gasteiger charge is -2.14. The van der Waals surface area contributed by atoms with Gasteiger partial charge >= 0.3 is 0 Å². The van der Waals surface area contributed by atoms with Crippen molar-refractivity contribution in [2.24, 2.45) is 0 Å². The number of fused-ring (bicyclic) bond motifs is 1. The second-order valence-corrected chi connectivity index (χ2v) is 5.52. The third-order valence-corrected chi connectivity index (χ3v) is 4.26. The molecule has 20 heavy (non-hydrogen) atoms. The van der Waals surface area contributed by atoms with E-state index in [4.69, 9.17) is 5.73 Å². The number of aromatic nitrogens is 1. The first kappa shape index (κ1) is 12.9. The van der Waals surface area contributed by atoms with Crippen LogP contribution in [0.25, 0.3) is 10.8 Å². The summed E-state index contributed by atoms with van der Waals surface area (Å²) in [6.07, 6.45) is 3.58. The Hall–Kier alpha value is -2.07. The number of halogens is 1. The van der Waals surface area contributed by atoms with Crippen LogP contribution in [0.1, 0.15) is 5.56 Å². The van der Waals surface area contributed by atoms with Crippen molar-refractivity contribution in [1.29, 1.82) is 0 Å². The number of nitrogen functional groups attached to an aromatic ring is 1. The van der Waals surface area contributed by atoms with Crippen molar-refractivity contribution >= 4 is 43.8 Å². The minimum atomic E-state index is 0.740. The number of nitrogens with zero attached hydrogens (tertiary/aromatic N) is 1. The predicted molar refractivity (Wildman–Crippen MR) is 88.3 cm³/mol. The molecule has 0 radical (unpaired) electrons. The molecule has 0 spiro atoms. The fourth-order valence-electron chi connectivity index (χ4n) is 2.19. The highest BCUT2D eigenvalue weighted by Crippen LogP contribution is 2.32. The number of hydrogen-bond donors (Lipinski definition) is 2. The summed E-state index contributed by atoms with van der Waals surface area (Å²) < 4.78 is 1.08. The molecule has 4 heteroatoms. The molecule has 0 atom stereocenters. The maximum Gasteiger partial charge on any atom is 0.0634 e. The molecule has 100 valence electrons. The zero-order valence-electron chi connectivity index (χ0n) is 11.0. The molecule has 0 saturated heterocycles. The van der Waals surface area contributed by atoms with E-state index in [9.17, 15) is 0 Å². The number of hydrogen-bond acceptors (Lipinski definition) is 3. The highest BCUT2D eigenvalue weighted by Gasteiger charge is 2.07. The lowest BCUT2D eigenvalue weighted by atomic mass is 10.1. The average Bonchev–Trinajstić information content (AvgIpc) is 2.47. The maximum atomic E-state index is 6.25. The zero-order chi connectivity index (χ0) is 14.1. The molecule has 3 aromatic rings. The van der Waals surface area contributed by atoms with Crippen LogP contribution in [-0.2, 0) is 0 Å². The summed E-state index contributed by atoms with van der Waals surface area (Å²) in [6, 6.07) is 12.0. The van der Waals surface area contributed by atoms with Crippen LogP contribution in [0.5, 0.6) is 0 Å². The van der Waals surface area contributed by atoms with Crippen LogP contribution < -0.4 is 11.1 Å². The molecule has 0 bridgehead atoms. The largest absolute Gasteiger partial charge is 0.397 e. The summed E-state index contributed by atoms with van der Waals surface area (Å²) in [5.41, 5.74) is 10.1. The van der Waals surface area contributed by atoms with Gasteiger partial charge in [-0.3, -0.25) is 4.98 Å². The molecular weight excluding hydrogens is 314 g/mol. The van der Waals surface area contributed by atoms with Crippen molar-refractivity contribution in [3.8, 4) is 0 Å². The first-order chi connectivity index (χ1) is 9.66. The Labute approximate surface area is 126 Å². The molecular formula is C16H14BrN3. The van der Waals surface area contributed by atoms with Crippen molar-refractivity contribution in [2.45, 2.75) is 6.92 Å². The van der Waals surface area contributed by atoms with Crippen molar-refractivity contribution in [2.75, 3.05) is 11.1 Å². The third kappa shape index (κ3) is 2.23. The molecule has 0 aliphatic carbocycles. The summed E-state index contributed by atoms with van der Waals surface area (Å²) >= 11 is 3.54. The smallest absolute Gasteiger partial charge is 0.0634 e. The molecule has 0 fully saturated rings. The van der Waals surface area contributed by atoms with Crippen LogP contribution in [0.3, 0.4) is 0 Å². The van der Waals surface area contributed by atoms with Crippen LogP contribution in [-0.4, -0.2) is 4.98 Å². The zero-order valence-corrected chi connectivity index (χ0v) is 12.6. The monoisotopic (exact) mass is 327 g/mol. The standard InChI is InChI=1S/C16H14BrN3/c1-10-13(17)3-2-4-14(10)20-15-6-5-11-9-19-8-7-12(11)16(15)18/h2-9,20H,18H2,1H3. The normalized spacial score (nSPS) is 10.7. The topological polar surface area (TPSA) is 50.9 Å². The molecule has 0 aliphatic heterocycles. The van der Waals surface area contributed by atoms with Crippen LogP contribution in [0.2, 0.25) is 0 Å². The summed E-state index contributed by atoms with van der Waals surface area (Å²) in [5.74, 6) is 0. The second kappa shape index (κ2) is 5.13. The molecule has 0 saturated carbocycles. The lowest BCUT2D eigenvalue weighted by molar-refractivity contribution is 1.36. The first-order valence-electron chi connectivity index (χ1n) is 6.31. The fraction of sp³-hybridized carbons (Fsp3) is 0.0625. The van der Waals surface area contributed by atoms with E-state index in [1.54, 1.807) is 6.20 Å². The van der Waals surface area contributed by atoms with Gasteiger partial charge in [-0.1, -0.05) is 28.1 Å². The van der Waals surface area contributed by atoms with Crippen molar-refractivity contribution in [1.82, 2.24) is 4.98 Å². The maximum absolute atomic E-state index is 6.25. The van der Waals surface area contributed by atoms with Crippen molar-refractivity contribution < 1.29 is 0 Å². The van der Waals surface area contributed by atoms with Gasteiger partial charge in [-0.2, -0.15) is 0 Å². The Morgan fingerprint density at radius 3 is 2.80 bits per heavy atom. The van der Waals surface area contributed by atoms with Crippen LogP contribution in [0, 0.1) is 6.92 Å². The Balaban J connectivity index is 2.07. The number of rotatable bonds is 2. The van der Waals surface area contributed by atoms with E-state index >= 15 is 0 Å². The van der Waals surface area contributed by atoms with E-state index in [-0.39, 0.29) is 0 Å². The number of nitrogens with one attached hydrogen (secondary N) is 1. The van der Waals surface area contributed by atoms with Gasteiger partial charge in [-0.05, 0) is 36.8 Å². The highest BCUT2D eigenvalue weighted by atomic mass is 79.9. The van der Waals surface area contributed by atoms with Crippen LogP contribution in [0.4, 0.5) is 17.1 Å². The van der Waals surface area contributed by atoms with Gasteiger partial charge in [-0.15, -0.1) is 0 Å². The summed E-state index contributed by atoms with van der Waals surface area (Å²) in [6.45, 7) is 2.06. The molecule has 3 N–H and O–H groups in total. The highest BCUT2D eigenvalue weighted by molar-refractivity contribution is 9.10. The molecule has 0 aliphatic rings. The van der Waals surface area contributed by atoms with Gasteiger partial charge in [0.15, 0.2) is 0 Å². The Bertz CT molecular complexity index is 784. The Morgan fingerprint density at radius 2 is 1.95 bits per heavy atom. The minimum absolute atomic E-state index is 0.740. The number of benzene rings is 2. The SMILES string of the molecule is Cc1c(Br)cccc1Nc1ccc2cnccc2c1N. The molecule has 0 unspecified atom stereocenters. The average molecular weight is 328 g/mol. The van der Waals surface area contributed by atoms with Gasteiger partial charge in [0.2, 0.25) is 0 Å². The first-order valence-corrected chi connectivity index (χ1v) is 7.10. The molecule has 3 nitrogen and oxygen atoms in total. The van der Waals surface area contributed by atoms with E-state index in [0.717, 1.165) is 37.9 Å².